The van der Waals surface area contributed by atoms with Crippen LogP contribution in [-0.4, -0.2) is 56.0 Å². The number of piperidine rings is 1. The predicted octanol–water partition coefficient (Wildman–Crippen LogP) is 4.05. The summed E-state index contributed by atoms with van der Waals surface area (Å²) in [6.45, 7) is 3.84. The molecule has 2 heterocycles. The lowest BCUT2D eigenvalue weighted by Crippen LogP contribution is -2.42. The van der Waals surface area contributed by atoms with Crippen LogP contribution in [0.5, 0.6) is 5.75 Å². The molecule has 1 aliphatic rings. The van der Waals surface area contributed by atoms with E-state index in [0.29, 0.717) is 25.3 Å². The molecule has 1 unspecified atom stereocenters. The fraction of sp³-hybridized carbons (Fsp3) is 0.407. The lowest BCUT2D eigenvalue weighted by atomic mass is 9.84. The number of nitrogens with one attached hydrogen (secondary N) is 2. The number of carbonyl (C=O) groups excluding carboxylic acids is 2. The van der Waals surface area contributed by atoms with Crippen LogP contribution in [0.3, 0.4) is 0 Å². The number of methoxy groups -OCH3 is 1. The maximum Gasteiger partial charge on any atom is 0.270 e. The SMILES string of the molecule is COc1ccc2cc(C(=O)N3CCC(C(C)C(=O)NCc4ccc(N(C)C)cc4)CC3)[nH]c2c1. The fourth-order valence-electron chi connectivity index (χ4n) is 4.60. The number of likely N-dealkylation sites (tertiary alicyclic amines) is 1. The summed E-state index contributed by atoms with van der Waals surface area (Å²) in [6.07, 6.45) is 1.65. The first-order chi connectivity index (χ1) is 16.4. The van der Waals surface area contributed by atoms with Gasteiger partial charge < -0.3 is 24.8 Å². The molecule has 3 aromatic rings. The number of H-pyrrole nitrogens is 1. The molecule has 0 saturated carbocycles. The van der Waals surface area contributed by atoms with Crippen molar-refractivity contribution in [3.05, 3.63) is 59.8 Å². The molecule has 1 aromatic heterocycles. The molecule has 1 atom stereocenters. The van der Waals surface area contributed by atoms with E-state index in [9.17, 15) is 9.59 Å². The van der Waals surface area contributed by atoms with E-state index in [1.54, 1.807) is 7.11 Å². The van der Waals surface area contributed by atoms with Crippen molar-refractivity contribution >= 4 is 28.4 Å². The minimum atomic E-state index is -0.0844. The van der Waals surface area contributed by atoms with Gasteiger partial charge in [-0.3, -0.25) is 9.59 Å². The van der Waals surface area contributed by atoms with Crippen LogP contribution in [0.2, 0.25) is 0 Å². The Labute approximate surface area is 201 Å². The van der Waals surface area contributed by atoms with Gasteiger partial charge in [0.2, 0.25) is 5.91 Å². The lowest BCUT2D eigenvalue weighted by molar-refractivity contribution is -0.126. The van der Waals surface area contributed by atoms with Gasteiger partial charge in [0, 0.05) is 62.3 Å². The number of amides is 2. The molecule has 7 heteroatoms. The van der Waals surface area contributed by atoms with E-state index < -0.39 is 0 Å². The first-order valence-electron chi connectivity index (χ1n) is 11.9. The van der Waals surface area contributed by atoms with Gasteiger partial charge in [-0.25, -0.2) is 0 Å². The topological polar surface area (TPSA) is 77.7 Å². The summed E-state index contributed by atoms with van der Waals surface area (Å²) < 4.78 is 5.27. The normalized spacial score (nSPS) is 15.2. The quantitative estimate of drug-likeness (QED) is 0.555. The largest absolute Gasteiger partial charge is 0.497 e. The third-order valence-electron chi connectivity index (χ3n) is 6.93. The summed E-state index contributed by atoms with van der Waals surface area (Å²) in [4.78, 5) is 33.0. The van der Waals surface area contributed by atoms with E-state index in [1.807, 2.05) is 62.3 Å². The van der Waals surface area contributed by atoms with Crippen LogP contribution >= 0.6 is 0 Å². The summed E-state index contributed by atoms with van der Waals surface area (Å²) in [5, 5.41) is 4.07. The number of benzene rings is 2. The lowest BCUT2D eigenvalue weighted by Gasteiger charge is -2.34. The van der Waals surface area contributed by atoms with Crippen molar-refractivity contribution in [2.45, 2.75) is 26.3 Å². The van der Waals surface area contributed by atoms with Gasteiger partial charge in [0.1, 0.15) is 11.4 Å². The minimum absolute atomic E-state index is 0.00638. The van der Waals surface area contributed by atoms with Gasteiger partial charge in [-0.2, -0.15) is 0 Å². The number of fused-ring (bicyclic) bond motifs is 1. The Morgan fingerprint density at radius 2 is 1.82 bits per heavy atom. The van der Waals surface area contributed by atoms with Crippen LogP contribution in [0.15, 0.2) is 48.5 Å². The molecule has 1 aliphatic heterocycles. The number of carbonyl (C=O) groups is 2. The van der Waals surface area contributed by atoms with Gasteiger partial charge in [-0.15, -0.1) is 0 Å². The summed E-state index contributed by atoms with van der Waals surface area (Å²) in [7, 11) is 5.65. The van der Waals surface area contributed by atoms with Crippen molar-refractivity contribution in [2.24, 2.45) is 11.8 Å². The number of nitrogens with zero attached hydrogens (tertiary/aromatic N) is 2. The monoisotopic (exact) mass is 462 g/mol. The molecule has 2 amide bonds. The van der Waals surface area contributed by atoms with Gasteiger partial charge in [-0.05, 0) is 54.7 Å². The Balaban J connectivity index is 1.28. The second-order valence-corrected chi connectivity index (χ2v) is 9.33. The van der Waals surface area contributed by atoms with Crippen LogP contribution in [0.1, 0.15) is 35.8 Å². The molecule has 34 heavy (non-hydrogen) atoms. The molecule has 2 aromatic carbocycles. The van der Waals surface area contributed by atoms with E-state index in [1.165, 1.54) is 0 Å². The van der Waals surface area contributed by atoms with E-state index in [4.69, 9.17) is 4.74 Å². The smallest absolute Gasteiger partial charge is 0.270 e. The third kappa shape index (κ3) is 5.19. The van der Waals surface area contributed by atoms with Gasteiger partial charge in [0.15, 0.2) is 0 Å². The highest BCUT2D eigenvalue weighted by Gasteiger charge is 2.30. The van der Waals surface area contributed by atoms with Gasteiger partial charge in [-0.1, -0.05) is 19.1 Å². The first kappa shape index (κ1) is 23.7. The maximum atomic E-state index is 13.0. The molecule has 0 aliphatic carbocycles. The highest BCUT2D eigenvalue weighted by atomic mass is 16.5. The number of anilines is 1. The summed E-state index contributed by atoms with van der Waals surface area (Å²) in [5.74, 6) is 1.02. The van der Waals surface area contributed by atoms with Crippen LogP contribution in [0.4, 0.5) is 5.69 Å². The molecule has 7 nitrogen and oxygen atoms in total. The van der Waals surface area contributed by atoms with Gasteiger partial charge >= 0.3 is 0 Å². The van der Waals surface area contributed by atoms with Crippen molar-refractivity contribution in [2.75, 3.05) is 39.2 Å². The average molecular weight is 463 g/mol. The predicted molar refractivity (Wildman–Crippen MR) is 135 cm³/mol. The maximum absolute atomic E-state index is 13.0. The zero-order chi connectivity index (χ0) is 24.2. The van der Waals surface area contributed by atoms with Gasteiger partial charge in [0.25, 0.3) is 5.91 Å². The van der Waals surface area contributed by atoms with Crippen molar-refractivity contribution in [1.82, 2.24) is 15.2 Å². The molecule has 2 N–H and O–H groups in total. The van der Waals surface area contributed by atoms with Crippen molar-refractivity contribution in [3.8, 4) is 5.75 Å². The molecule has 0 bridgehead atoms. The number of hydrogen-bond donors (Lipinski definition) is 2. The van der Waals surface area contributed by atoms with Crippen LogP contribution in [0, 0.1) is 11.8 Å². The van der Waals surface area contributed by atoms with Crippen LogP contribution in [0.25, 0.3) is 10.9 Å². The first-order valence-corrected chi connectivity index (χ1v) is 11.9. The number of rotatable bonds is 7. The molecular weight excluding hydrogens is 428 g/mol. The highest BCUT2D eigenvalue weighted by molar-refractivity contribution is 5.98. The Bertz CT molecular complexity index is 1140. The molecule has 1 fully saturated rings. The zero-order valence-corrected chi connectivity index (χ0v) is 20.4. The molecule has 0 spiro atoms. The summed E-state index contributed by atoms with van der Waals surface area (Å²) in [5.41, 5.74) is 3.70. The highest BCUT2D eigenvalue weighted by Crippen LogP contribution is 2.27. The van der Waals surface area contributed by atoms with Crippen molar-refractivity contribution in [3.63, 3.8) is 0 Å². The zero-order valence-electron chi connectivity index (χ0n) is 20.4. The fourth-order valence-corrected chi connectivity index (χ4v) is 4.60. The second-order valence-electron chi connectivity index (χ2n) is 9.33. The Morgan fingerprint density at radius 1 is 1.12 bits per heavy atom. The molecular formula is C27H34N4O3. The van der Waals surface area contributed by atoms with E-state index in [0.717, 1.165) is 40.7 Å². The van der Waals surface area contributed by atoms with Crippen LogP contribution < -0.4 is 15.0 Å². The Hall–Kier alpha value is -3.48. The van der Waals surface area contributed by atoms with E-state index >= 15 is 0 Å². The van der Waals surface area contributed by atoms with Crippen molar-refractivity contribution < 1.29 is 14.3 Å². The standard InChI is InChI=1S/C27H34N4O3/c1-18(26(32)28-17-19-5-8-22(9-6-19)30(2)3)20-11-13-31(14-12-20)27(33)25-15-21-7-10-23(34-4)16-24(21)29-25/h5-10,15-16,18,20,29H,11-14,17H2,1-4H3,(H,28,32). The average Bonchev–Trinajstić information content (AvgIpc) is 3.30. The summed E-state index contributed by atoms with van der Waals surface area (Å²) >= 11 is 0. The number of hydrogen-bond acceptors (Lipinski definition) is 4. The van der Waals surface area contributed by atoms with Crippen LogP contribution in [-0.2, 0) is 11.3 Å². The van der Waals surface area contributed by atoms with Crippen molar-refractivity contribution in [1.29, 1.82) is 0 Å². The number of aromatic nitrogens is 1. The van der Waals surface area contributed by atoms with Gasteiger partial charge in [0.05, 0.1) is 7.11 Å². The third-order valence-corrected chi connectivity index (χ3v) is 6.93. The molecule has 180 valence electrons. The number of aromatic amines is 1. The second kappa shape index (κ2) is 10.2. The molecule has 4 rings (SSSR count). The molecule has 1 saturated heterocycles. The molecule has 0 radical (unpaired) electrons. The minimum Gasteiger partial charge on any atom is -0.497 e. The Kier molecular flexibility index (Phi) is 7.10. The number of ether oxygens (including phenoxy) is 1. The van der Waals surface area contributed by atoms with E-state index in [-0.39, 0.29) is 23.7 Å². The summed E-state index contributed by atoms with van der Waals surface area (Å²) in [6, 6.07) is 15.8. The Morgan fingerprint density at radius 3 is 2.47 bits per heavy atom. The van der Waals surface area contributed by atoms with E-state index in [2.05, 4.69) is 27.3 Å².